The molecule has 1 aromatic heterocycles. The molecule has 1 amide bonds. The summed E-state index contributed by atoms with van der Waals surface area (Å²) in [6, 6.07) is 8.95. The summed E-state index contributed by atoms with van der Waals surface area (Å²) in [5, 5.41) is 20.4. The average molecular weight is 331 g/mol. The Morgan fingerprint density at radius 1 is 1.29 bits per heavy atom. The van der Waals surface area contributed by atoms with E-state index in [9.17, 15) is 9.59 Å². The number of benzene rings is 1. The van der Waals surface area contributed by atoms with Gasteiger partial charge in [-0.05, 0) is 22.9 Å². The van der Waals surface area contributed by atoms with E-state index in [1.165, 1.54) is 9.58 Å². The molecule has 8 heteroatoms. The highest BCUT2D eigenvalue weighted by Crippen LogP contribution is 2.18. The molecule has 0 radical (unpaired) electrons. The summed E-state index contributed by atoms with van der Waals surface area (Å²) in [7, 11) is 1.60. The number of hydrogen-bond acceptors (Lipinski definition) is 5. The van der Waals surface area contributed by atoms with Gasteiger partial charge in [-0.25, -0.2) is 4.68 Å². The van der Waals surface area contributed by atoms with Crippen LogP contribution in [0.1, 0.15) is 24.4 Å². The number of carbonyl (C=O) groups is 2. The first-order valence-corrected chi connectivity index (χ1v) is 7.66. The highest BCUT2D eigenvalue weighted by atomic mass is 16.4. The maximum atomic E-state index is 12.9. The quantitative estimate of drug-likeness (QED) is 0.810. The topological polar surface area (TPSA) is 101 Å². The molecule has 0 saturated heterocycles. The summed E-state index contributed by atoms with van der Waals surface area (Å²) in [5.41, 5.74) is 0.977. The highest BCUT2D eigenvalue weighted by Gasteiger charge is 2.28. The fourth-order valence-electron chi connectivity index (χ4n) is 2.48. The third-order valence-electron chi connectivity index (χ3n) is 3.86. The molecule has 0 aliphatic carbocycles. The predicted octanol–water partition coefficient (Wildman–Crippen LogP) is 0.944. The van der Waals surface area contributed by atoms with Crippen molar-refractivity contribution in [2.75, 3.05) is 13.6 Å². The van der Waals surface area contributed by atoms with E-state index < -0.39 is 17.9 Å². The molecule has 2 rings (SSSR count). The lowest BCUT2D eigenvalue weighted by molar-refractivity contribution is -0.143. The van der Waals surface area contributed by atoms with Gasteiger partial charge in [0.15, 0.2) is 0 Å². The van der Waals surface area contributed by atoms with Crippen molar-refractivity contribution in [3.8, 4) is 0 Å². The van der Waals surface area contributed by atoms with Crippen molar-refractivity contribution in [2.45, 2.75) is 26.3 Å². The molecule has 0 saturated carbocycles. The zero-order valence-corrected chi connectivity index (χ0v) is 14.0. The van der Waals surface area contributed by atoms with Gasteiger partial charge in [-0.2, -0.15) is 0 Å². The number of likely N-dealkylation sites (N-methyl/N-ethyl adjacent to an activating group) is 1. The lowest BCUT2D eigenvalue weighted by atomic mass is 10.0. The van der Waals surface area contributed by atoms with Crippen molar-refractivity contribution >= 4 is 11.9 Å². The first-order valence-electron chi connectivity index (χ1n) is 7.66. The standard InChI is InChI=1S/C16H21N5O3/c1-11(16(23)24)10-20(3)15(22)14(21-12(2)17-18-19-21)9-13-7-5-4-6-8-13/h4-8,11,14H,9-10H2,1-3H3,(H,23,24). The first-order chi connectivity index (χ1) is 11.4. The van der Waals surface area contributed by atoms with Crippen molar-refractivity contribution < 1.29 is 14.7 Å². The van der Waals surface area contributed by atoms with Crippen LogP contribution in [0.3, 0.4) is 0 Å². The van der Waals surface area contributed by atoms with E-state index in [-0.39, 0.29) is 12.5 Å². The largest absolute Gasteiger partial charge is 0.481 e. The van der Waals surface area contributed by atoms with E-state index in [1.807, 2.05) is 30.3 Å². The van der Waals surface area contributed by atoms with E-state index in [0.29, 0.717) is 12.2 Å². The maximum absolute atomic E-state index is 12.9. The second-order valence-electron chi connectivity index (χ2n) is 5.83. The number of amides is 1. The van der Waals surface area contributed by atoms with Gasteiger partial charge in [0.05, 0.1) is 5.92 Å². The minimum absolute atomic E-state index is 0.126. The van der Waals surface area contributed by atoms with Crippen molar-refractivity contribution in [2.24, 2.45) is 5.92 Å². The molecule has 1 aromatic carbocycles. The van der Waals surface area contributed by atoms with Gasteiger partial charge in [0.1, 0.15) is 11.9 Å². The second-order valence-corrected chi connectivity index (χ2v) is 5.83. The van der Waals surface area contributed by atoms with Gasteiger partial charge in [0.2, 0.25) is 5.91 Å². The number of rotatable bonds is 7. The molecule has 0 fully saturated rings. The molecule has 24 heavy (non-hydrogen) atoms. The zero-order chi connectivity index (χ0) is 17.7. The second kappa shape index (κ2) is 7.67. The van der Waals surface area contributed by atoms with Crippen LogP contribution in [-0.2, 0) is 16.0 Å². The van der Waals surface area contributed by atoms with Crippen molar-refractivity contribution in [3.05, 3.63) is 41.7 Å². The van der Waals surface area contributed by atoms with Crippen molar-refractivity contribution in [1.29, 1.82) is 0 Å². The molecule has 2 atom stereocenters. The lowest BCUT2D eigenvalue weighted by Gasteiger charge is -2.25. The smallest absolute Gasteiger partial charge is 0.308 e. The number of carbonyl (C=O) groups excluding carboxylic acids is 1. The molecular weight excluding hydrogens is 310 g/mol. The Morgan fingerprint density at radius 3 is 2.50 bits per heavy atom. The summed E-state index contributed by atoms with van der Waals surface area (Å²) < 4.78 is 1.48. The highest BCUT2D eigenvalue weighted by molar-refractivity contribution is 5.81. The SMILES string of the molecule is Cc1nnnn1C(Cc1ccccc1)C(=O)N(C)CC(C)C(=O)O. The minimum Gasteiger partial charge on any atom is -0.481 e. The van der Waals surface area contributed by atoms with Gasteiger partial charge in [-0.15, -0.1) is 5.10 Å². The van der Waals surface area contributed by atoms with Crippen molar-refractivity contribution in [1.82, 2.24) is 25.1 Å². The van der Waals surface area contributed by atoms with Crippen LogP contribution in [0.2, 0.25) is 0 Å². The normalized spacial score (nSPS) is 13.3. The first kappa shape index (κ1) is 17.6. The molecule has 8 nitrogen and oxygen atoms in total. The van der Waals surface area contributed by atoms with Gasteiger partial charge >= 0.3 is 5.97 Å². The average Bonchev–Trinajstić information content (AvgIpc) is 2.98. The van der Waals surface area contributed by atoms with E-state index in [1.54, 1.807) is 20.9 Å². The van der Waals surface area contributed by atoms with Gasteiger partial charge in [0, 0.05) is 20.0 Å². The fourth-order valence-corrected chi connectivity index (χ4v) is 2.48. The van der Waals surface area contributed by atoms with Crippen LogP contribution < -0.4 is 0 Å². The fraction of sp³-hybridized carbons (Fsp3) is 0.438. The summed E-state index contributed by atoms with van der Waals surface area (Å²) in [6.07, 6.45) is 0.428. The monoisotopic (exact) mass is 331 g/mol. The number of hydrogen-bond donors (Lipinski definition) is 1. The van der Waals surface area contributed by atoms with Crippen LogP contribution in [0.4, 0.5) is 0 Å². The molecule has 2 aromatic rings. The Balaban J connectivity index is 2.23. The summed E-state index contributed by atoms with van der Waals surface area (Å²) in [6.45, 7) is 3.42. The Hall–Kier alpha value is -2.77. The number of carboxylic acids is 1. The molecule has 128 valence electrons. The Bertz CT molecular complexity index is 701. The maximum Gasteiger partial charge on any atom is 0.308 e. The molecule has 2 unspecified atom stereocenters. The van der Waals surface area contributed by atoms with Gasteiger partial charge in [-0.1, -0.05) is 37.3 Å². The molecule has 0 spiro atoms. The van der Waals surface area contributed by atoms with Crippen LogP contribution >= 0.6 is 0 Å². The summed E-state index contributed by atoms with van der Waals surface area (Å²) in [5.74, 6) is -1.27. The van der Waals surface area contributed by atoms with E-state index in [2.05, 4.69) is 15.5 Å². The van der Waals surface area contributed by atoms with Crippen LogP contribution in [0.15, 0.2) is 30.3 Å². The Labute approximate surface area is 140 Å². The molecule has 1 heterocycles. The third kappa shape index (κ3) is 4.15. The molecule has 1 N–H and O–H groups in total. The van der Waals surface area contributed by atoms with Crippen LogP contribution in [0, 0.1) is 12.8 Å². The Morgan fingerprint density at radius 2 is 1.96 bits per heavy atom. The van der Waals surface area contributed by atoms with E-state index >= 15 is 0 Å². The van der Waals surface area contributed by atoms with Gasteiger partial charge in [-0.3, -0.25) is 9.59 Å². The number of carboxylic acid groups (broad SMARTS) is 1. The molecule has 0 aliphatic heterocycles. The summed E-state index contributed by atoms with van der Waals surface area (Å²) in [4.78, 5) is 25.3. The van der Waals surface area contributed by atoms with Crippen LogP contribution in [-0.4, -0.2) is 55.7 Å². The number of aromatic nitrogens is 4. The number of nitrogens with zero attached hydrogens (tertiary/aromatic N) is 5. The minimum atomic E-state index is -0.937. The van der Waals surface area contributed by atoms with Gasteiger partial charge in [0.25, 0.3) is 0 Å². The third-order valence-corrected chi connectivity index (χ3v) is 3.86. The molecule has 0 aliphatic rings. The lowest BCUT2D eigenvalue weighted by Crippen LogP contribution is -2.40. The van der Waals surface area contributed by atoms with E-state index in [4.69, 9.17) is 5.11 Å². The Kier molecular flexibility index (Phi) is 5.62. The predicted molar refractivity (Wildman–Crippen MR) is 86.2 cm³/mol. The molecular formula is C16H21N5O3. The summed E-state index contributed by atoms with van der Waals surface area (Å²) >= 11 is 0. The van der Waals surface area contributed by atoms with Crippen LogP contribution in [0.25, 0.3) is 0 Å². The van der Waals surface area contributed by atoms with E-state index in [0.717, 1.165) is 5.56 Å². The number of aryl methyl sites for hydroxylation is 1. The zero-order valence-electron chi connectivity index (χ0n) is 14.0. The van der Waals surface area contributed by atoms with Gasteiger partial charge < -0.3 is 10.0 Å². The number of aliphatic carboxylic acids is 1. The number of tetrazole rings is 1. The molecule has 0 bridgehead atoms. The van der Waals surface area contributed by atoms with Crippen molar-refractivity contribution in [3.63, 3.8) is 0 Å². The van der Waals surface area contributed by atoms with Crippen LogP contribution in [0.5, 0.6) is 0 Å².